The maximum atomic E-state index is 11.8. The van der Waals surface area contributed by atoms with Crippen molar-refractivity contribution < 1.29 is 14.3 Å². The third kappa shape index (κ3) is 4.90. The van der Waals surface area contributed by atoms with Crippen LogP contribution in [-0.2, 0) is 9.53 Å². The highest BCUT2D eigenvalue weighted by atomic mass is 16.6. The first kappa shape index (κ1) is 14.7. The fourth-order valence-corrected chi connectivity index (χ4v) is 2.12. The van der Waals surface area contributed by atoms with Crippen LogP contribution in [0.2, 0.25) is 0 Å². The maximum absolute atomic E-state index is 11.8. The van der Waals surface area contributed by atoms with E-state index in [4.69, 9.17) is 4.74 Å². The minimum Gasteiger partial charge on any atom is -0.444 e. The van der Waals surface area contributed by atoms with Crippen molar-refractivity contribution in [3.8, 4) is 0 Å². The van der Waals surface area contributed by atoms with Crippen molar-refractivity contribution >= 4 is 11.9 Å². The number of amides is 1. The first-order chi connectivity index (χ1) is 8.22. The number of allylic oxidation sites excluding steroid dienone is 1. The van der Waals surface area contributed by atoms with Gasteiger partial charge >= 0.3 is 6.09 Å². The second-order valence-corrected chi connectivity index (χ2v) is 5.93. The Morgan fingerprint density at radius 1 is 1.22 bits per heavy atom. The van der Waals surface area contributed by atoms with E-state index < -0.39 is 17.2 Å². The van der Waals surface area contributed by atoms with Crippen LogP contribution in [0.3, 0.4) is 0 Å². The van der Waals surface area contributed by atoms with Crippen LogP contribution >= 0.6 is 0 Å². The van der Waals surface area contributed by atoms with Crippen molar-refractivity contribution in [2.45, 2.75) is 64.5 Å². The van der Waals surface area contributed by atoms with Gasteiger partial charge in [-0.1, -0.05) is 18.9 Å². The maximum Gasteiger partial charge on any atom is 0.408 e. The predicted octanol–water partition coefficient (Wildman–Crippen LogP) is 2.97. The third-order valence-electron chi connectivity index (χ3n) is 2.88. The molecular weight excluding hydrogens is 230 g/mol. The lowest BCUT2D eigenvalue weighted by atomic mass is 9.97. The molecule has 0 saturated heterocycles. The topological polar surface area (TPSA) is 55.4 Å². The molecule has 1 fully saturated rings. The first-order valence-corrected chi connectivity index (χ1v) is 6.43. The van der Waals surface area contributed by atoms with E-state index in [-0.39, 0.29) is 5.78 Å². The van der Waals surface area contributed by atoms with Gasteiger partial charge in [-0.05, 0) is 46.6 Å². The zero-order valence-corrected chi connectivity index (χ0v) is 11.7. The Hall–Kier alpha value is -1.32. The Balaban J connectivity index is 2.69. The van der Waals surface area contributed by atoms with E-state index in [0.717, 1.165) is 25.7 Å². The van der Waals surface area contributed by atoms with E-state index in [1.807, 2.05) is 26.8 Å². The number of carbonyl (C=O) groups excluding carboxylic acids is 2. The number of carbonyl (C=O) groups is 2. The van der Waals surface area contributed by atoms with E-state index in [2.05, 4.69) is 5.32 Å². The lowest BCUT2D eigenvalue weighted by molar-refractivity contribution is -0.112. The molecule has 102 valence electrons. The molecule has 4 heteroatoms. The van der Waals surface area contributed by atoms with Crippen LogP contribution in [0, 0.1) is 0 Å². The SMILES string of the molecule is CC(=O)/C=C\C1(NC(=O)OC(C)(C)C)CCCC1. The highest BCUT2D eigenvalue weighted by molar-refractivity contribution is 5.87. The fraction of sp³-hybridized carbons (Fsp3) is 0.714. The molecule has 0 aromatic carbocycles. The van der Waals surface area contributed by atoms with E-state index in [9.17, 15) is 9.59 Å². The van der Waals surface area contributed by atoms with Gasteiger partial charge in [-0.3, -0.25) is 4.79 Å². The molecule has 4 nitrogen and oxygen atoms in total. The largest absolute Gasteiger partial charge is 0.444 e. The van der Waals surface area contributed by atoms with E-state index >= 15 is 0 Å². The molecule has 0 unspecified atom stereocenters. The number of rotatable bonds is 3. The Bertz CT molecular complexity index is 347. The highest BCUT2D eigenvalue weighted by Gasteiger charge is 2.34. The lowest BCUT2D eigenvalue weighted by Gasteiger charge is -2.29. The Labute approximate surface area is 109 Å². The molecule has 0 radical (unpaired) electrons. The molecule has 18 heavy (non-hydrogen) atoms. The number of ketones is 1. The molecular formula is C14H23NO3. The summed E-state index contributed by atoms with van der Waals surface area (Å²) in [6.07, 6.45) is 6.74. The van der Waals surface area contributed by atoms with Crippen LogP contribution < -0.4 is 5.32 Å². The number of nitrogens with one attached hydrogen (secondary N) is 1. The van der Waals surface area contributed by atoms with Gasteiger partial charge in [0.05, 0.1) is 5.54 Å². The molecule has 0 aromatic heterocycles. The normalized spacial score (nSPS) is 18.9. The zero-order valence-electron chi connectivity index (χ0n) is 11.7. The Morgan fingerprint density at radius 3 is 2.22 bits per heavy atom. The molecule has 0 spiro atoms. The molecule has 1 amide bonds. The average molecular weight is 253 g/mol. The van der Waals surface area contributed by atoms with Gasteiger partial charge in [0.2, 0.25) is 0 Å². The van der Waals surface area contributed by atoms with Gasteiger partial charge in [0, 0.05) is 0 Å². The highest BCUT2D eigenvalue weighted by Crippen LogP contribution is 2.31. The van der Waals surface area contributed by atoms with E-state index in [1.165, 1.54) is 13.0 Å². The second-order valence-electron chi connectivity index (χ2n) is 5.93. The summed E-state index contributed by atoms with van der Waals surface area (Å²) in [7, 11) is 0. The molecule has 0 bridgehead atoms. The van der Waals surface area contributed by atoms with Gasteiger partial charge in [-0.2, -0.15) is 0 Å². The molecule has 1 rings (SSSR count). The third-order valence-corrected chi connectivity index (χ3v) is 2.88. The summed E-state index contributed by atoms with van der Waals surface area (Å²) in [6, 6.07) is 0. The standard InChI is InChI=1S/C14H23NO3/c1-11(16)7-10-14(8-5-6-9-14)15-12(17)18-13(2,3)4/h7,10H,5-6,8-9H2,1-4H3,(H,15,17)/b10-7-. The van der Waals surface area contributed by atoms with Crippen LogP contribution in [0.5, 0.6) is 0 Å². The minimum atomic E-state index is -0.506. The van der Waals surface area contributed by atoms with Gasteiger partial charge < -0.3 is 10.1 Å². The van der Waals surface area contributed by atoms with Crippen LogP contribution in [0.15, 0.2) is 12.2 Å². The van der Waals surface area contributed by atoms with E-state index in [1.54, 1.807) is 0 Å². The summed E-state index contributed by atoms with van der Waals surface area (Å²) in [6.45, 7) is 7.00. The van der Waals surface area contributed by atoms with Gasteiger partial charge in [0.15, 0.2) is 5.78 Å². The summed E-state index contributed by atoms with van der Waals surface area (Å²) in [4.78, 5) is 22.8. The molecule has 0 atom stereocenters. The van der Waals surface area contributed by atoms with Crippen LogP contribution in [0.4, 0.5) is 4.79 Å². The van der Waals surface area contributed by atoms with Crippen molar-refractivity contribution in [2.24, 2.45) is 0 Å². The quantitative estimate of drug-likeness (QED) is 0.787. The minimum absolute atomic E-state index is 0.00716. The molecule has 0 aliphatic heterocycles. The van der Waals surface area contributed by atoms with Crippen LogP contribution in [0.25, 0.3) is 0 Å². The lowest BCUT2D eigenvalue weighted by Crippen LogP contribution is -2.47. The predicted molar refractivity (Wildman–Crippen MR) is 70.4 cm³/mol. The van der Waals surface area contributed by atoms with Crippen molar-refractivity contribution in [3.63, 3.8) is 0 Å². The summed E-state index contributed by atoms with van der Waals surface area (Å²) < 4.78 is 5.26. The number of hydrogen-bond acceptors (Lipinski definition) is 3. The first-order valence-electron chi connectivity index (χ1n) is 6.43. The number of alkyl carbamates (subject to hydrolysis) is 1. The Kier molecular flexibility index (Phi) is 4.54. The van der Waals surface area contributed by atoms with Crippen molar-refractivity contribution in [3.05, 3.63) is 12.2 Å². The van der Waals surface area contributed by atoms with Gasteiger partial charge in [-0.15, -0.1) is 0 Å². The van der Waals surface area contributed by atoms with Crippen molar-refractivity contribution in [2.75, 3.05) is 0 Å². The van der Waals surface area contributed by atoms with Gasteiger partial charge in [0.25, 0.3) is 0 Å². The molecule has 0 heterocycles. The summed E-state index contributed by atoms with van der Waals surface area (Å²) in [5, 5.41) is 2.90. The summed E-state index contributed by atoms with van der Waals surface area (Å²) in [5.74, 6) is -0.00716. The zero-order chi connectivity index (χ0) is 13.8. The second kappa shape index (κ2) is 5.55. The van der Waals surface area contributed by atoms with Crippen LogP contribution in [0.1, 0.15) is 53.4 Å². The number of hydrogen-bond donors (Lipinski definition) is 1. The van der Waals surface area contributed by atoms with Crippen molar-refractivity contribution in [1.82, 2.24) is 5.32 Å². The molecule has 1 saturated carbocycles. The smallest absolute Gasteiger partial charge is 0.408 e. The molecule has 0 aromatic rings. The van der Waals surface area contributed by atoms with E-state index in [0.29, 0.717) is 0 Å². The summed E-state index contributed by atoms with van der Waals surface area (Å²) >= 11 is 0. The average Bonchev–Trinajstić information content (AvgIpc) is 2.61. The molecule has 1 aliphatic rings. The van der Waals surface area contributed by atoms with Crippen LogP contribution in [-0.4, -0.2) is 23.0 Å². The summed E-state index contributed by atoms with van der Waals surface area (Å²) in [5.41, 5.74) is -0.915. The van der Waals surface area contributed by atoms with Gasteiger partial charge in [-0.25, -0.2) is 4.79 Å². The molecule has 1 N–H and O–H groups in total. The Morgan fingerprint density at radius 2 is 1.78 bits per heavy atom. The molecule has 1 aliphatic carbocycles. The number of ether oxygens (including phenoxy) is 1. The monoisotopic (exact) mass is 253 g/mol. The van der Waals surface area contributed by atoms with Gasteiger partial charge in [0.1, 0.15) is 5.60 Å². The van der Waals surface area contributed by atoms with Crippen molar-refractivity contribution in [1.29, 1.82) is 0 Å². The fourth-order valence-electron chi connectivity index (χ4n) is 2.12.